The number of nitrogens with zero attached hydrogens (tertiary/aromatic N) is 1. The van der Waals surface area contributed by atoms with Gasteiger partial charge in [0.1, 0.15) is 18.1 Å². The van der Waals surface area contributed by atoms with Crippen molar-refractivity contribution in [2.24, 2.45) is 0 Å². The highest BCUT2D eigenvalue weighted by Crippen LogP contribution is 2.38. The Morgan fingerprint density at radius 1 is 0.960 bits per heavy atom. The monoisotopic (exact) mass is 337 g/mol. The topological polar surface area (TPSA) is 21.7 Å². The molecule has 0 amide bonds. The molecular weight excluding hydrogens is 310 g/mol. The quantitative estimate of drug-likeness (QED) is 0.804. The number of likely N-dealkylation sites (tertiary alicyclic amines) is 1. The lowest BCUT2D eigenvalue weighted by Crippen LogP contribution is -2.33. The highest BCUT2D eigenvalue weighted by Gasteiger charge is 2.22. The second-order valence-electron chi connectivity index (χ2n) is 7.05. The van der Waals surface area contributed by atoms with E-state index < -0.39 is 0 Å². The third-order valence-electron chi connectivity index (χ3n) is 5.37. The Kier molecular flexibility index (Phi) is 5.22. The number of piperidine rings is 1. The normalized spacial score (nSPS) is 20.6. The van der Waals surface area contributed by atoms with Crippen molar-refractivity contribution in [1.29, 1.82) is 0 Å². The number of rotatable bonds is 5. The van der Waals surface area contributed by atoms with Crippen LogP contribution in [0, 0.1) is 0 Å². The van der Waals surface area contributed by atoms with Crippen LogP contribution in [0.15, 0.2) is 48.5 Å². The van der Waals surface area contributed by atoms with E-state index in [1.54, 1.807) is 0 Å². The fourth-order valence-electron chi connectivity index (χ4n) is 3.96. The van der Waals surface area contributed by atoms with Crippen molar-refractivity contribution in [3.63, 3.8) is 0 Å². The second-order valence-corrected chi connectivity index (χ2v) is 7.05. The molecule has 132 valence electrons. The number of para-hydroxylation sites is 1. The van der Waals surface area contributed by atoms with Gasteiger partial charge >= 0.3 is 0 Å². The van der Waals surface area contributed by atoms with Crippen LogP contribution in [0.2, 0.25) is 0 Å². The smallest absolute Gasteiger partial charge is 0.123 e. The van der Waals surface area contributed by atoms with Gasteiger partial charge in [-0.25, -0.2) is 0 Å². The van der Waals surface area contributed by atoms with Gasteiger partial charge in [0.25, 0.3) is 0 Å². The molecule has 3 heteroatoms. The first-order valence-corrected chi connectivity index (χ1v) is 9.57. The number of fused-ring (bicyclic) bond motifs is 1. The minimum absolute atomic E-state index is 0.423. The van der Waals surface area contributed by atoms with Crippen LogP contribution in [0.25, 0.3) is 0 Å². The fourth-order valence-corrected chi connectivity index (χ4v) is 3.96. The van der Waals surface area contributed by atoms with Crippen molar-refractivity contribution >= 4 is 0 Å². The molecule has 1 unspecified atom stereocenters. The second kappa shape index (κ2) is 7.92. The van der Waals surface area contributed by atoms with Gasteiger partial charge in [-0.15, -0.1) is 0 Å². The van der Waals surface area contributed by atoms with Crippen LogP contribution in [0.4, 0.5) is 0 Å². The van der Waals surface area contributed by atoms with Crippen LogP contribution in [-0.4, -0.2) is 37.7 Å². The molecule has 0 radical (unpaired) electrons. The molecule has 2 aromatic rings. The lowest BCUT2D eigenvalue weighted by Gasteiger charge is -2.27. The van der Waals surface area contributed by atoms with Gasteiger partial charge in [0.15, 0.2) is 0 Å². The third-order valence-corrected chi connectivity index (χ3v) is 5.37. The summed E-state index contributed by atoms with van der Waals surface area (Å²) in [5, 5.41) is 0. The van der Waals surface area contributed by atoms with E-state index in [1.807, 2.05) is 6.07 Å². The maximum Gasteiger partial charge on any atom is 0.123 e. The Balaban J connectivity index is 1.36. The van der Waals surface area contributed by atoms with Crippen molar-refractivity contribution in [3.8, 4) is 11.5 Å². The average Bonchev–Trinajstić information content (AvgIpc) is 2.69. The lowest BCUT2D eigenvalue weighted by molar-refractivity contribution is 0.183. The molecule has 1 atom stereocenters. The van der Waals surface area contributed by atoms with Gasteiger partial charge in [-0.1, -0.05) is 36.8 Å². The molecule has 2 aromatic carbocycles. The number of benzene rings is 2. The summed E-state index contributed by atoms with van der Waals surface area (Å²) < 4.78 is 11.7. The molecule has 2 heterocycles. The van der Waals surface area contributed by atoms with Crippen LogP contribution >= 0.6 is 0 Å². The van der Waals surface area contributed by atoms with E-state index in [4.69, 9.17) is 9.47 Å². The summed E-state index contributed by atoms with van der Waals surface area (Å²) in [6.45, 7) is 5.06. The number of ether oxygens (including phenoxy) is 2. The number of hydrogen-bond acceptors (Lipinski definition) is 3. The molecule has 0 aliphatic carbocycles. The zero-order chi connectivity index (χ0) is 16.9. The molecule has 4 rings (SSSR count). The van der Waals surface area contributed by atoms with Gasteiger partial charge in [-0.05, 0) is 56.1 Å². The molecule has 3 nitrogen and oxygen atoms in total. The fraction of sp³-hybridized carbons (Fsp3) is 0.455. The SMILES string of the molecule is c1ccc2c(c1)OCCC2c1ccc(OCCN2CCCCC2)cc1. The van der Waals surface area contributed by atoms with E-state index in [1.165, 1.54) is 43.5 Å². The molecule has 2 aliphatic rings. The largest absolute Gasteiger partial charge is 0.493 e. The van der Waals surface area contributed by atoms with Crippen LogP contribution in [-0.2, 0) is 0 Å². The van der Waals surface area contributed by atoms with Gasteiger partial charge in [0.2, 0.25) is 0 Å². The van der Waals surface area contributed by atoms with E-state index in [9.17, 15) is 0 Å². The van der Waals surface area contributed by atoms with E-state index in [2.05, 4.69) is 47.4 Å². The molecule has 0 N–H and O–H groups in total. The van der Waals surface area contributed by atoms with E-state index in [-0.39, 0.29) is 0 Å². The van der Waals surface area contributed by atoms with E-state index in [0.717, 1.165) is 37.7 Å². The zero-order valence-electron chi connectivity index (χ0n) is 14.8. The number of hydrogen-bond donors (Lipinski definition) is 0. The molecule has 1 fully saturated rings. The Morgan fingerprint density at radius 2 is 1.76 bits per heavy atom. The standard InChI is InChI=1S/C22H27NO2/c1-4-13-23(14-5-1)15-17-24-19-10-8-18(9-11-19)20-12-16-25-22-7-3-2-6-21(20)22/h2-3,6-11,20H,1,4-5,12-17H2. The summed E-state index contributed by atoms with van der Waals surface area (Å²) in [5.41, 5.74) is 2.65. The van der Waals surface area contributed by atoms with Crippen LogP contribution in [0.1, 0.15) is 42.7 Å². The molecule has 0 bridgehead atoms. The lowest BCUT2D eigenvalue weighted by atomic mass is 9.87. The highest BCUT2D eigenvalue weighted by molar-refractivity contribution is 5.44. The first-order chi connectivity index (χ1) is 12.4. The van der Waals surface area contributed by atoms with Crippen LogP contribution in [0.3, 0.4) is 0 Å². The average molecular weight is 337 g/mol. The molecule has 25 heavy (non-hydrogen) atoms. The predicted molar refractivity (Wildman–Crippen MR) is 101 cm³/mol. The van der Waals surface area contributed by atoms with Crippen molar-refractivity contribution in [2.75, 3.05) is 32.8 Å². The molecule has 0 saturated carbocycles. The van der Waals surface area contributed by atoms with Crippen molar-refractivity contribution in [1.82, 2.24) is 4.90 Å². The molecule has 1 saturated heterocycles. The van der Waals surface area contributed by atoms with E-state index >= 15 is 0 Å². The van der Waals surface area contributed by atoms with Gasteiger partial charge in [0.05, 0.1) is 6.61 Å². The highest BCUT2D eigenvalue weighted by atomic mass is 16.5. The zero-order valence-corrected chi connectivity index (χ0v) is 14.8. The summed E-state index contributed by atoms with van der Waals surface area (Å²) in [7, 11) is 0. The molecule has 0 spiro atoms. The first kappa shape index (κ1) is 16.5. The van der Waals surface area contributed by atoms with Crippen molar-refractivity contribution in [3.05, 3.63) is 59.7 Å². The van der Waals surface area contributed by atoms with Gasteiger partial charge in [0, 0.05) is 18.0 Å². The van der Waals surface area contributed by atoms with Gasteiger partial charge in [-0.2, -0.15) is 0 Å². The maximum atomic E-state index is 5.95. The van der Waals surface area contributed by atoms with Crippen LogP contribution < -0.4 is 9.47 Å². The Bertz CT molecular complexity index is 677. The maximum absolute atomic E-state index is 5.95. The summed E-state index contributed by atoms with van der Waals surface area (Å²) in [4.78, 5) is 2.51. The predicted octanol–water partition coefficient (Wildman–Crippen LogP) is 4.47. The minimum atomic E-state index is 0.423. The van der Waals surface area contributed by atoms with Gasteiger partial charge in [-0.3, -0.25) is 4.90 Å². The molecular formula is C22H27NO2. The summed E-state index contributed by atoms with van der Waals surface area (Å²) in [5.74, 6) is 2.43. The minimum Gasteiger partial charge on any atom is -0.493 e. The van der Waals surface area contributed by atoms with Gasteiger partial charge < -0.3 is 9.47 Å². The Labute approximate surface area is 150 Å². The van der Waals surface area contributed by atoms with Crippen molar-refractivity contribution < 1.29 is 9.47 Å². The van der Waals surface area contributed by atoms with Crippen molar-refractivity contribution in [2.45, 2.75) is 31.6 Å². The summed E-state index contributed by atoms with van der Waals surface area (Å²) >= 11 is 0. The Morgan fingerprint density at radius 3 is 2.60 bits per heavy atom. The summed E-state index contributed by atoms with van der Waals surface area (Å²) in [6, 6.07) is 17.0. The first-order valence-electron chi connectivity index (χ1n) is 9.57. The van der Waals surface area contributed by atoms with E-state index in [0.29, 0.717) is 5.92 Å². The molecule has 2 aliphatic heterocycles. The summed E-state index contributed by atoms with van der Waals surface area (Å²) in [6.07, 6.45) is 5.09. The third kappa shape index (κ3) is 3.98. The molecule has 0 aromatic heterocycles. The Hall–Kier alpha value is -2.00. The van der Waals surface area contributed by atoms with Crippen LogP contribution in [0.5, 0.6) is 11.5 Å².